The Kier molecular flexibility index (Phi) is 3.54. The number of imidazole rings is 1. The van der Waals surface area contributed by atoms with Gasteiger partial charge in [0.15, 0.2) is 5.82 Å². The summed E-state index contributed by atoms with van der Waals surface area (Å²) < 4.78 is 0. The van der Waals surface area contributed by atoms with Crippen LogP contribution in [-0.4, -0.2) is 60.0 Å². The molecule has 0 bridgehead atoms. The van der Waals surface area contributed by atoms with Crippen molar-refractivity contribution in [3.63, 3.8) is 0 Å². The second-order valence-corrected chi connectivity index (χ2v) is 7.85. The van der Waals surface area contributed by atoms with E-state index in [2.05, 4.69) is 39.0 Å². The molecule has 0 spiro atoms. The Morgan fingerprint density at radius 1 is 1.22 bits per heavy atom. The quantitative estimate of drug-likeness (QED) is 0.907. The monoisotopic (exact) mass is 364 g/mol. The van der Waals surface area contributed by atoms with Crippen molar-refractivity contribution in [3.8, 4) is 0 Å². The predicted molar refractivity (Wildman–Crippen MR) is 106 cm³/mol. The fourth-order valence-corrected chi connectivity index (χ4v) is 4.41. The van der Waals surface area contributed by atoms with E-state index in [4.69, 9.17) is 9.98 Å². The lowest BCUT2D eigenvalue weighted by Gasteiger charge is -2.33. The third-order valence-electron chi connectivity index (χ3n) is 5.88. The number of amides is 1. The van der Waals surface area contributed by atoms with Crippen molar-refractivity contribution in [2.75, 3.05) is 30.9 Å². The van der Waals surface area contributed by atoms with Crippen molar-refractivity contribution in [2.45, 2.75) is 37.8 Å². The summed E-state index contributed by atoms with van der Waals surface area (Å²) in [5.74, 6) is 2.28. The van der Waals surface area contributed by atoms with Crippen LogP contribution in [0.15, 0.2) is 29.3 Å². The lowest BCUT2D eigenvalue weighted by molar-refractivity contribution is 0.0859. The third kappa shape index (κ3) is 2.44. The van der Waals surface area contributed by atoms with E-state index >= 15 is 0 Å². The van der Waals surface area contributed by atoms with Crippen molar-refractivity contribution in [2.24, 2.45) is 4.99 Å². The molecule has 140 valence electrons. The minimum atomic E-state index is -0.0540. The molecule has 27 heavy (non-hydrogen) atoms. The average molecular weight is 364 g/mol. The SMILES string of the molecule is CN1C(=O)c2[nH]c(Cc3ccc(N(C)C)cc3)nc2N2C1=N[C@@H]1CCC[C@@H]12. The average Bonchev–Trinajstić information content (AvgIpc) is 3.34. The van der Waals surface area contributed by atoms with E-state index in [1.807, 2.05) is 14.1 Å². The summed E-state index contributed by atoms with van der Waals surface area (Å²) in [7, 11) is 5.87. The molecule has 0 saturated heterocycles. The zero-order valence-corrected chi connectivity index (χ0v) is 15.9. The number of H-pyrrole nitrogens is 1. The fourth-order valence-electron chi connectivity index (χ4n) is 4.41. The van der Waals surface area contributed by atoms with Crippen LogP contribution in [0.25, 0.3) is 0 Å². The molecule has 5 rings (SSSR count). The Morgan fingerprint density at radius 3 is 2.74 bits per heavy atom. The number of hydrogen-bond acceptors (Lipinski definition) is 5. The second-order valence-electron chi connectivity index (χ2n) is 7.85. The molecule has 0 unspecified atom stereocenters. The molecule has 3 aliphatic rings. The van der Waals surface area contributed by atoms with E-state index in [0.29, 0.717) is 24.2 Å². The van der Waals surface area contributed by atoms with Crippen LogP contribution in [-0.2, 0) is 6.42 Å². The van der Waals surface area contributed by atoms with Gasteiger partial charge in [-0.2, -0.15) is 0 Å². The summed E-state index contributed by atoms with van der Waals surface area (Å²) >= 11 is 0. The first-order chi connectivity index (χ1) is 13.0. The van der Waals surface area contributed by atoms with Crippen LogP contribution in [0.3, 0.4) is 0 Å². The molecule has 2 atom stereocenters. The first-order valence-corrected chi connectivity index (χ1v) is 9.53. The highest BCUT2D eigenvalue weighted by Crippen LogP contribution is 2.39. The summed E-state index contributed by atoms with van der Waals surface area (Å²) in [5.41, 5.74) is 2.92. The van der Waals surface area contributed by atoms with Gasteiger partial charge in [0.05, 0.1) is 12.1 Å². The Morgan fingerprint density at radius 2 is 2.00 bits per heavy atom. The molecule has 7 nitrogen and oxygen atoms in total. The van der Waals surface area contributed by atoms with Gasteiger partial charge >= 0.3 is 0 Å². The number of aliphatic imine (C=N–C) groups is 1. The van der Waals surface area contributed by atoms with Gasteiger partial charge in [-0.3, -0.25) is 14.6 Å². The minimum Gasteiger partial charge on any atom is -0.378 e. The van der Waals surface area contributed by atoms with Crippen molar-refractivity contribution in [1.82, 2.24) is 14.9 Å². The molecule has 0 radical (unpaired) electrons. The van der Waals surface area contributed by atoms with E-state index in [9.17, 15) is 4.79 Å². The molecular formula is C20H24N6O. The van der Waals surface area contributed by atoms with Crippen LogP contribution < -0.4 is 9.80 Å². The van der Waals surface area contributed by atoms with E-state index in [-0.39, 0.29) is 5.91 Å². The van der Waals surface area contributed by atoms with E-state index in [0.717, 1.165) is 30.4 Å². The summed E-state index contributed by atoms with van der Waals surface area (Å²) in [4.78, 5) is 31.6. The maximum absolute atomic E-state index is 12.8. The maximum atomic E-state index is 12.8. The van der Waals surface area contributed by atoms with Gasteiger partial charge in [0, 0.05) is 33.3 Å². The van der Waals surface area contributed by atoms with Gasteiger partial charge in [0.2, 0.25) is 5.96 Å². The molecule has 3 heterocycles. The Bertz CT molecular complexity index is 928. The summed E-state index contributed by atoms with van der Waals surface area (Å²) in [6.07, 6.45) is 4.06. The fraction of sp³-hybridized carbons (Fsp3) is 0.450. The highest BCUT2D eigenvalue weighted by atomic mass is 16.2. The second kappa shape index (κ2) is 5.84. The van der Waals surface area contributed by atoms with Gasteiger partial charge < -0.3 is 9.88 Å². The molecule has 1 amide bonds. The molecular weight excluding hydrogens is 340 g/mol. The molecule has 1 N–H and O–H groups in total. The van der Waals surface area contributed by atoms with Crippen molar-refractivity contribution in [3.05, 3.63) is 41.3 Å². The van der Waals surface area contributed by atoms with E-state index in [1.165, 1.54) is 17.7 Å². The minimum absolute atomic E-state index is 0.0540. The van der Waals surface area contributed by atoms with E-state index in [1.54, 1.807) is 11.9 Å². The molecule has 1 aromatic carbocycles. The third-order valence-corrected chi connectivity index (χ3v) is 5.88. The molecule has 1 aromatic heterocycles. The summed E-state index contributed by atoms with van der Waals surface area (Å²) in [6, 6.07) is 9.06. The lowest BCUT2D eigenvalue weighted by atomic mass is 10.1. The molecule has 2 aromatic rings. The first kappa shape index (κ1) is 16.4. The zero-order valence-electron chi connectivity index (χ0n) is 15.9. The van der Waals surface area contributed by atoms with Crippen LogP contribution in [0.5, 0.6) is 0 Å². The maximum Gasteiger partial charge on any atom is 0.280 e. The summed E-state index contributed by atoms with van der Waals surface area (Å²) in [6.45, 7) is 0. The molecule has 1 aliphatic carbocycles. The smallest absolute Gasteiger partial charge is 0.280 e. The Balaban J connectivity index is 1.47. The van der Waals surface area contributed by atoms with Crippen LogP contribution >= 0.6 is 0 Å². The molecule has 7 heteroatoms. The van der Waals surface area contributed by atoms with Gasteiger partial charge in [0.25, 0.3) is 5.91 Å². The largest absolute Gasteiger partial charge is 0.378 e. The Labute approximate surface area is 158 Å². The number of rotatable bonds is 3. The number of nitrogens with zero attached hydrogens (tertiary/aromatic N) is 5. The predicted octanol–water partition coefficient (Wildman–Crippen LogP) is 2.25. The highest BCUT2D eigenvalue weighted by Gasteiger charge is 2.48. The number of aromatic nitrogens is 2. The molecule has 1 saturated carbocycles. The van der Waals surface area contributed by atoms with Crippen LogP contribution in [0.4, 0.5) is 11.5 Å². The van der Waals surface area contributed by atoms with Crippen LogP contribution in [0, 0.1) is 0 Å². The number of nitrogens with one attached hydrogen (secondary N) is 1. The van der Waals surface area contributed by atoms with Crippen LogP contribution in [0.1, 0.15) is 41.1 Å². The number of anilines is 2. The zero-order chi connectivity index (χ0) is 18.7. The highest BCUT2D eigenvalue weighted by molar-refractivity contribution is 6.18. The Hall–Kier alpha value is -2.83. The van der Waals surface area contributed by atoms with Crippen molar-refractivity contribution < 1.29 is 4.79 Å². The van der Waals surface area contributed by atoms with Gasteiger partial charge in [0.1, 0.15) is 11.5 Å². The number of fused-ring (bicyclic) bond motifs is 5. The first-order valence-electron chi connectivity index (χ1n) is 9.53. The van der Waals surface area contributed by atoms with Gasteiger partial charge in [-0.1, -0.05) is 12.1 Å². The van der Waals surface area contributed by atoms with Gasteiger partial charge in [-0.05, 0) is 37.0 Å². The number of hydrogen-bond donors (Lipinski definition) is 1. The van der Waals surface area contributed by atoms with Gasteiger partial charge in [-0.25, -0.2) is 9.98 Å². The molecule has 2 aliphatic heterocycles. The van der Waals surface area contributed by atoms with Crippen LogP contribution in [0.2, 0.25) is 0 Å². The summed E-state index contributed by atoms with van der Waals surface area (Å²) in [5, 5.41) is 0. The lowest BCUT2D eigenvalue weighted by Crippen LogP contribution is -2.51. The number of benzene rings is 1. The van der Waals surface area contributed by atoms with E-state index < -0.39 is 0 Å². The number of carbonyl (C=O) groups excluding carboxylic acids is 1. The van der Waals surface area contributed by atoms with Crippen molar-refractivity contribution >= 4 is 23.4 Å². The topological polar surface area (TPSA) is 67.8 Å². The normalized spacial score (nSPS) is 23.2. The number of guanidine groups is 1. The van der Waals surface area contributed by atoms with Gasteiger partial charge in [-0.15, -0.1) is 0 Å². The standard InChI is InChI=1S/C20H24N6O/c1-24(2)13-9-7-12(8-10-13)11-16-22-17-18(23-16)26-15-6-4-5-14(15)21-20(26)25(3)19(17)27/h7-10,14-15H,4-6,11H2,1-3H3,(H,22,23)/t14-,15+/m1/s1. The number of carbonyl (C=O) groups is 1. The number of aromatic amines is 1. The van der Waals surface area contributed by atoms with Crippen molar-refractivity contribution in [1.29, 1.82) is 0 Å². The molecule has 1 fully saturated rings.